The number of esters is 2. The molecule has 0 fully saturated rings. The number of hydrogen-bond acceptors (Lipinski definition) is 8. The average molecular weight is 814 g/mol. The number of phosphoric ester groups is 1. The van der Waals surface area contributed by atoms with Gasteiger partial charge in [0.1, 0.15) is 6.61 Å². The summed E-state index contributed by atoms with van der Waals surface area (Å²) in [5.41, 5.74) is 0. The van der Waals surface area contributed by atoms with Gasteiger partial charge in [-0.25, -0.2) is 4.57 Å². The number of unbranched alkanes of at least 4 members (excludes halogenated alkanes) is 5. The summed E-state index contributed by atoms with van der Waals surface area (Å²) < 4.78 is 33.3. The first kappa shape index (κ1) is 53.7. The smallest absolute Gasteiger partial charge is 0.462 e. The van der Waals surface area contributed by atoms with Gasteiger partial charge >= 0.3 is 19.8 Å². The Morgan fingerprint density at radius 1 is 0.561 bits per heavy atom. The first-order valence-corrected chi connectivity index (χ1v) is 22.7. The summed E-state index contributed by atoms with van der Waals surface area (Å²) in [7, 11) is -0.781. The van der Waals surface area contributed by atoms with Crippen molar-refractivity contribution >= 4 is 19.8 Å². The fraction of sp³-hybridized carbons (Fsp3) is 0.574. The minimum Gasteiger partial charge on any atom is -0.462 e. The van der Waals surface area contributed by atoms with Gasteiger partial charge in [-0.15, -0.1) is 0 Å². The predicted octanol–water partition coefficient (Wildman–Crippen LogP) is 12.2. The lowest BCUT2D eigenvalue weighted by Crippen LogP contribution is -2.29. The number of likely N-dealkylation sites (N-methyl/N-ethyl adjacent to an activating group) is 1. The molecule has 0 aromatic carbocycles. The molecule has 0 aliphatic heterocycles. The molecule has 0 spiro atoms. The van der Waals surface area contributed by atoms with Crippen molar-refractivity contribution in [3.05, 3.63) is 109 Å². The molecule has 0 amide bonds. The second-order valence-corrected chi connectivity index (χ2v) is 15.2. The summed E-state index contributed by atoms with van der Waals surface area (Å²) in [4.78, 5) is 36.9. The Morgan fingerprint density at radius 3 is 1.42 bits per heavy atom. The van der Waals surface area contributed by atoms with Crippen LogP contribution >= 0.6 is 7.82 Å². The van der Waals surface area contributed by atoms with Crippen molar-refractivity contribution in [3.63, 3.8) is 0 Å². The number of allylic oxidation sites excluding steroid dienone is 18. The quantitative estimate of drug-likeness (QED) is 0.0283. The van der Waals surface area contributed by atoms with E-state index in [1.54, 1.807) is 4.90 Å². The lowest BCUT2D eigenvalue weighted by atomic mass is 10.2. The number of hydrogen-bond donors (Lipinski definition) is 1. The number of carbonyl (C=O) groups is 2. The summed E-state index contributed by atoms with van der Waals surface area (Å²) in [5, 5.41) is 0. The van der Waals surface area contributed by atoms with Crippen LogP contribution in [0.5, 0.6) is 0 Å². The van der Waals surface area contributed by atoms with E-state index in [1.807, 2.05) is 26.2 Å². The maximum absolute atomic E-state index is 12.6. The van der Waals surface area contributed by atoms with Crippen LogP contribution in [0.1, 0.15) is 129 Å². The fourth-order valence-corrected chi connectivity index (χ4v) is 5.57. The second-order valence-electron chi connectivity index (χ2n) is 13.8. The zero-order chi connectivity index (χ0) is 41.9. The highest BCUT2D eigenvalue weighted by Crippen LogP contribution is 2.43. The molecule has 0 aliphatic rings. The zero-order valence-electron chi connectivity index (χ0n) is 35.7. The normalized spacial score (nSPS) is 14.5. The molecule has 322 valence electrons. The molecule has 0 aromatic rings. The number of carbonyl (C=O) groups excluding carboxylic acids is 2. The number of phosphoric acid groups is 1. The van der Waals surface area contributed by atoms with Crippen molar-refractivity contribution in [2.45, 2.75) is 136 Å². The highest BCUT2D eigenvalue weighted by molar-refractivity contribution is 7.47. The lowest BCUT2D eigenvalue weighted by Gasteiger charge is -2.20. The lowest BCUT2D eigenvalue weighted by molar-refractivity contribution is -0.161. The summed E-state index contributed by atoms with van der Waals surface area (Å²) in [5.74, 6) is -0.950. The van der Waals surface area contributed by atoms with Crippen LogP contribution in [0, 0.1) is 0 Å². The molecule has 57 heavy (non-hydrogen) atoms. The van der Waals surface area contributed by atoms with E-state index < -0.39 is 32.5 Å². The van der Waals surface area contributed by atoms with Crippen LogP contribution in [-0.4, -0.2) is 68.3 Å². The van der Waals surface area contributed by atoms with Crippen LogP contribution in [0.2, 0.25) is 0 Å². The van der Waals surface area contributed by atoms with Crippen molar-refractivity contribution in [2.24, 2.45) is 0 Å². The monoisotopic (exact) mass is 814 g/mol. The third-order valence-electron chi connectivity index (χ3n) is 8.06. The molecule has 0 saturated carbocycles. The molecular weight excluding hydrogens is 737 g/mol. The Labute approximate surface area is 346 Å². The van der Waals surface area contributed by atoms with E-state index in [1.165, 1.54) is 25.7 Å². The summed E-state index contributed by atoms with van der Waals surface area (Å²) in [6, 6.07) is 0. The van der Waals surface area contributed by atoms with Gasteiger partial charge < -0.3 is 19.3 Å². The molecule has 0 saturated heterocycles. The Kier molecular flexibility index (Phi) is 38.5. The van der Waals surface area contributed by atoms with Gasteiger partial charge in [-0.3, -0.25) is 18.6 Å². The largest absolute Gasteiger partial charge is 0.472 e. The average Bonchev–Trinajstić information content (AvgIpc) is 3.18. The topological polar surface area (TPSA) is 112 Å². The SMILES string of the molecule is CC/C=C\C/C=C\C/C=C\C/C=C\C/C=C\CCCC(=O)OC(COC(=O)CCC/C=C\C/C=C\C/C=C\C/C=C\CCCCC)COP(=O)(O)OCCN(C)C. The number of rotatable bonds is 37. The molecule has 0 aromatic heterocycles. The first-order valence-electron chi connectivity index (χ1n) is 21.2. The molecule has 1 N–H and O–H groups in total. The predicted molar refractivity (Wildman–Crippen MR) is 238 cm³/mol. The molecule has 0 radical (unpaired) electrons. The van der Waals surface area contributed by atoms with Gasteiger partial charge in [-0.1, -0.05) is 136 Å². The molecule has 2 unspecified atom stereocenters. The third kappa shape index (κ3) is 42.1. The van der Waals surface area contributed by atoms with Gasteiger partial charge in [0.05, 0.1) is 13.2 Å². The highest BCUT2D eigenvalue weighted by atomic mass is 31.2. The molecule has 0 bridgehead atoms. The molecule has 0 heterocycles. The van der Waals surface area contributed by atoms with E-state index in [0.717, 1.165) is 57.8 Å². The Morgan fingerprint density at radius 2 is 0.982 bits per heavy atom. The van der Waals surface area contributed by atoms with Crippen molar-refractivity contribution < 1.29 is 37.6 Å². The van der Waals surface area contributed by atoms with Crippen LogP contribution < -0.4 is 0 Å². The van der Waals surface area contributed by atoms with Crippen LogP contribution in [0.15, 0.2) is 109 Å². The molecule has 9 nitrogen and oxygen atoms in total. The zero-order valence-corrected chi connectivity index (χ0v) is 36.6. The fourth-order valence-electron chi connectivity index (χ4n) is 4.83. The van der Waals surface area contributed by atoms with Crippen molar-refractivity contribution in [3.8, 4) is 0 Å². The van der Waals surface area contributed by atoms with Crippen LogP contribution in [0.4, 0.5) is 0 Å². The number of nitrogens with zero attached hydrogens (tertiary/aromatic N) is 1. The molecular formula is C47H76NO8P. The highest BCUT2D eigenvalue weighted by Gasteiger charge is 2.26. The van der Waals surface area contributed by atoms with E-state index in [4.69, 9.17) is 18.5 Å². The maximum atomic E-state index is 12.6. The maximum Gasteiger partial charge on any atom is 0.472 e. The van der Waals surface area contributed by atoms with Gasteiger partial charge in [-0.05, 0) is 104 Å². The Bertz CT molecular complexity index is 1310. The summed E-state index contributed by atoms with van der Waals surface area (Å²) in [6.07, 6.45) is 52.9. The second kappa shape index (κ2) is 40.9. The minimum atomic E-state index is -4.40. The summed E-state index contributed by atoms with van der Waals surface area (Å²) >= 11 is 0. The van der Waals surface area contributed by atoms with Gasteiger partial charge in [0.15, 0.2) is 6.10 Å². The van der Waals surface area contributed by atoms with E-state index >= 15 is 0 Å². The Balaban J connectivity index is 4.53. The van der Waals surface area contributed by atoms with Crippen molar-refractivity contribution in [1.82, 2.24) is 4.90 Å². The van der Waals surface area contributed by atoms with E-state index in [9.17, 15) is 19.0 Å². The standard InChI is InChI=1S/C47H76NO8P/c1-5-7-9-11-13-15-17-19-21-23-25-27-29-31-33-35-37-39-46(49)53-43-45(44-55-57(51,52)54-42-41-48(3)4)56-47(50)40-38-36-34-32-30-28-26-24-22-20-18-16-14-12-10-8-6-2/h8,10,13-16,19-22,25-28,31-34,45H,5-7,9,11-12,17-18,23-24,29-30,35-44H2,1-4H3,(H,51,52)/b10-8-,15-13-,16-14-,21-19-,22-20-,27-25-,28-26-,33-31-,34-32-. The summed E-state index contributed by atoms with van der Waals surface area (Å²) in [6.45, 7) is 4.01. The molecule has 0 rings (SSSR count). The molecule has 10 heteroatoms. The van der Waals surface area contributed by atoms with Crippen LogP contribution in [0.25, 0.3) is 0 Å². The van der Waals surface area contributed by atoms with E-state index in [2.05, 4.69) is 111 Å². The van der Waals surface area contributed by atoms with Gasteiger partial charge in [0.2, 0.25) is 0 Å². The van der Waals surface area contributed by atoms with Crippen LogP contribution in [0.3, 0.4) is 0 Å². The van der Waals surface area contributed by atoms with Crippen molar-refractivity contribution in [2.75, 3.05) is 40.5 Å². The van der Waals surface area contributed by atoms with Gasteiger partial charge in [0.25, 0.3) is 0 Å². The Hall–Kier alpha value is -3.33. The molecule has 2 atom stereocenters. The van der Waals surface area contributed by atoms with Gasteiger partial charge in [0, 0.05) is 19.4 Å². The van der Waals surface area contributed by atoms with Crippen LogP contribution in [-0.2, 0) is 32.7 Å². The molecule has 0 aliphatic carbocycles. The van der Waals surface area contributed by atoms with Gasteiger partial charge in [-0.2, -0.15) is 0 Å². The van der Waals surface area contributed by atoms with E-state index in [-0.39, 0.29) is 26.1 Å². The van der Waals surface area contributed by atoms with E-state index in [0.29, 0.717) is 25.8 Å². The van der Waals surface area contributed by atoms with Crippen molar-refractivity contribution in [1.29, 1.82) is 0 Å². The first-order chi connectivity index (χ1) is 27.7. The minimum absolute atomic E-state index is 0.0184. The number of ether oxygens (including phenoxy) is 2. The third-order valence-corrected chi connectivity index (χ3v) is 9.05.